The van der Waals surface area contributed by atoms with Crippen molar-refractivity contribution in [2.24, 2.45) is 0 Å². The summed E-state index contributed by atoms with van der Waals surface area (Å²) in [7, 11) is 1.31. The van der Waals surface area contributed by atoms with Crippen LogP contribution < -0.4 is 0 Å². The van der Waals surface area contributed by atoms with Crippen LogP contribution in [0.3, 0.4) is 0 Å². The summed E-state index contributed by atoms with van der Waals surface area (Å²) < 4.78 is 7.22. The van der Waals surface area contributed by atoms with E-state index in [-0.39, 0.29) is 5.56 Å². The third kappa shape index (κ3) is 4.00. The Kier molecular flexibility index (Phi) is 5.68. The number of rotatable bonds is 5. The molecule has 0 amide bonds. The lowest BCUT2D eigenvalue weighted by Crippen LogP contribution is -2.03. The van der Waals surface area contributed by atoms with Crippen molar-refractivity contribution in [3.8, 4) is 28.2 Å². The molecule has 0 spiro atoms. The topological polar surface area (TPSA) is 81.4 Å². The first-order chi connectivity index (χ1) is 15.0. The number of nitrogens with zero attached hydrogens (tertiary/aromatic N) is 2. The first kappa shape index (κ1) is 20.6. The summed E-state index contributed by atoms with van der Waals surface area (Å²) in [6.07, 6.45) is 0. The van der Waals surface area contributed by atoms with Crippen molar-refractivity contribution in [2.75, 3.05) is 7.11 Å². The summed E-state index contributed by atoms with van der Waals surface area (Å²) in [6.45, 7) is 0. The van der Waals surface area contributed by atoms with Gasteiger partial charge < -0.3 is 9.84 Å². The van der Waals surface area contributed by atoms with Crippen molar-refractivity contribution >= 4 is 27.9 Å². The highest BCUT2D eigenvalue weighted by molar-refractivity contribution is 9.10. The van der Waals surface area contributed by atoms with Crippen LogP contribution in [-0.4, -0.2) is 33.9 Å². The van der Waals surface area contributed by atoms with E-state index in [0.717, 1.165) is 10.0 Å². The minimum atomic E-state index is -1.09. The average Bonchev–Trinajstić information content (AvgIpc) is 3.20. The van der Waals surface area contributed by atoms with Crippen LogP contribution in [0.15, 0.2) is 83.3 Å². The second-order valence-electron chi connectivity index (χ2n) is 6.70. The van der Waals surface area contributed by atoms with Gasteiger partial charge in [-0.25, -0.2) is 14.3 Å². The molecule has 0 bridgehead atoms. The summed E-state index contributed by atoms with van der Waals surface area (Å²) in [5.41, 5.74) is 3.25. The van der Waals surface area contributed by atoms with E-state index in [0.29, 0.717) is 28.2 Å². The number of hydrogen-bond donors (Lipinski definition) is 1. The molecule has 4 rings (SSSR count). The van der Waals surface area contributed by atoms with E-state index in [1.165, 1.54) is 7.11 Å². The minimum absolute atomic E-state index is 0.0805. The van der Waals surface area contributed by atoms with Gasteiger partial charge in [0.1, 0.15) is 11.3 Å². The summed E-state index contributed by atoms with van der Waals surface area (Å²) >= 11 is 3.47. The van der Waals surface area contributed by atoms with E-state index < -0.39 is 11.9 Å². The molecule has 3 aromatic carbocycles. The largest absolute Gasteiger partial charge is 0.478 e. The lowest BCUT2D eigenvalue weighted by Gasteiger charge is -2.09. The van der Waals surface area contributed by atoms with Crippen molar-refractivity contribution < 1.29 is 19.4 Å². The Morgan fingerprint density at radius 2 is 1.65 bits per heavy atom. The molecule has 0 unspecified atom stereocenters. The summed E-state index contributed by atoms with van der Waals surface area (Å²) in [4.78, 5) is 24.1. The Morgan fingerprint density at radius 1 is 0.935 bits per heavy atom. The number of carboxylic acid groups (broad SMARTS) is 1. The van der Waals surface area contributed by atoms with Gasteiger partial charge >= 0.3 is 11.9 Å². The first-order valence-electron chi connectivity index (χ1n) is 9.36. The Bertz CT molecular complexity index is 1260. The second kappa shape index (κ2) is 8.57. The third-order valence-electron chi connectivity index (χ3n) is 4.78. The molecule has 0 radical (unpaired) electrons. The standard InChI is InChI=1S/C24H17BrN2O4/c1-31-24(30)17-12-10-15(11-13-17)21-20(23(28)29)22(16-6-3-2-4-7-16)27(26-21)19-9-5-8-18(25)14-19/h2-14H,1H3,(H,28,29). The zero-order valence-corrected chi connectivity index (χ0v) is 18.0. The normalized spacial score (nSPS) is 10.6. The van der Waals surface area contributed by atoms with Crippen molar-refractivity contribution in [3.63, 3.8) is 0 Å². The molecule has 1 aromatic heterocycles. The number of carbonyl (C=O) groups excluding carboxylic acids is 1. The number of benzene rings is 3. The molecule has 154 valence electrons. The lowest BCUT2D eigenvalue weighted by atomic mass is 10.0. The van der Waals surface area contributed by atoms with E-state index in [2.05, 4.69) is 21.0 Å². The first-order valence-corrected chi connectivity index (χ1v) is 10.2. The fourth-order valence-corrected chi connectivity index (χ4v) is 3.75. The van der Waals surface area contributed by atoms with Crippen LogP contribution in [0.4, 0.5) is 0 Å². The van der Waals surface area contributed by atoms with Gasteiger partial charge in [0.15, 0.2) is 0 Å². The molecule has 0 saturated heterocycles. The van der Waals surface area contributed by atoms with E-state index in [1.54, 1.807) is 28.9 Å². The highest BCUT2D eigenvalue weighted by Crippen LogP contribution is 2.35. The molecule has 7 heteroatoms. The predicted octanol–water partition coefficient (Wildman–Crippen LogP) is 5.45. The zero-order valence-electron chi connectivity index (χ0n) is 16.4. The van der Waals surface area contributed by atoms with E-state index in [4.69, 9.17) is 4.74 Å². The van der Waals surface area contributed by atoms with Crippen molar-refractivity contribution in [2.45, 2.75) is 0 Å². The van der Waals surface area contributed by atoms with Gasteiger partial charge in [0.05, 0.1) is 24.1 Å². The second-order valence-corrected chi connectivity index (χ2v) is 7.62. The van der Waals surface area contributed by atoms with Crippen LogP contribution in [0.2, 0.25) is 0 Å². The van der Waals surface area contributed by atoms with Crippen LogP contribution in [0.25, 0.3) is 28.2 Å². The molecule has 1 heterocycles. The van der Waals surface area contributed by atoms with Crippen molar-refractivity contribution in [1.29, 1.82) is 0 Å². The molecule has 0 atom stereocenters. The van der Waals surface area contributed by atoms with Crippen LogP contribution >= 0.6 is 15.9 Å². The molecule has 0 aliphatic rings. The summed E-state index contributed by atoms with van der Waals surface area (Å²) in [5.74, 6) is -1.55. The van der Waals surface area contributed by atoms with Gasteiger partial charge in [-0.2, -0.15) is 5.10 Å². The maximum Gasteiger partial charge on any atom is 0.340 e. The van der Waals surface area contributed by atoms with Gasteiger partial charge in [-0.3, -0.25) is 0 Å². The van der Waals surface area contributed by atoms with Crippen molar-refractivity contribution in [1.82, 2.24) is 9.78 Å². The Balaban J connectivity index is 1.98. The smallest absolute Gasteiger partial charge is 0.340 e. The van der Waals surface area contributed by atoms with E-state index >= 15 is 0 Å². The number of aromatic nitrogens is 2. The van der Waals surface area contributed by atoms with E-state index in [9.17, 15) is 14.7 Å². The number of carbonyl (C=O) groups is 2. The molecular weight excluding hydrogens is 460 g/mol. The van der Waals surface area contributed by atoms with Gasteiger partial charge in [0, 0.05) is 15.6 Å². The maximum atomic E-state index is 12.4. The molecule has 0 saturated carbocycles. The molecular formula is C24H17BrN2O4. The van der Waals surface area contributed by atoms with Crippen LogP contribution in [0.1, 0.15) is 20.7 Å². The van der Waals surface area contributed by atoms with Crippen molar-refractivity contribution in [3.05, 3.63) is 94.5 Å². The number of carboxylic acids is 1. The monoisotopic (exact) mass is 476 g/mol. The van der Waals surface area contributed by atoms with Gasteiger partial charge in [0.25, 0.3) is 0 Å². The number of hydrogen-bond acceptors (Lipinski definition) is 4. The molecule has 0 aliphatic carbocycles. The number of ether oxygens (including phenoxy) is 1. The molecule has 6 nitrogen and oxygen atoms in total. The van der Waals surface area contributed by atoms with Crippen LogP contribution in [0.5, 0.6) is 0 Å². The SMILES string of the molecule is COC(=O)c1ccc(-c2nn(-c3cccc(Br)c3)c(-c3ccccc3)c2C(=O)O)cc1. The number of esters is 1. The highest BCUT2D eigenvalue weighted by Gasteiger charge is 2.26. The lowest BCUT2D eigenvalue weighted by molar-refractivity contribution is 0.0599. The number of methoxy groups -OCH3 is 1. The maximum absolute atomic E-state index is 12.4. The fraction of sp³-hybridized carbons (Fsp3) is 0.0417. The van der Waals surface area contributed by atoms with Gasteiger partial charge in [0.2, 0.25) is 0 Å². The number of aromatic carboxylic acids is 1. The van der Waals surface area contributed by atoms with Gasteiger partial charge in [-0.15, -0.1) is 0 Å². The molecule has 0 aliphatic heterocycles. The Hall–Kier alpha value is -3.71. The molecule has 4 aromatic rings. The third-order valence-corrected chi connectivity index (χ3v) is 5.27. The predicted molar refractivity (Wildman–Crippen MR) is 120 cm³/mol. The Morgan fingerprint density at radius 3 is 2.26 bits per heavy atom. The van der Waals surface area contributed by atoms with Crippen LogP contribution in [-0.2, 0) is 4.74 Å². The zero-order chi connectivity index (χ0) is 22.0. The quantitative estimate of drug-likeness (QED) is 0.387. The molecule has 1 N–H and O–H groups in total. The van der Waals surface area contributed by atoms with Crippen LogP contribution in [0, 0.1) is 0 Å². The van der Waals surface area contributed by atoms with Gasteiger partial charge in [-0.1, -0.05) is 64.5 Å². The molecule has 31 heavy (non-hydrogen) atoms. The average molecular weight is 477 g/mol. The number of halogens is 1. The minimum Gasteiger partial charge on any atom is -0.478 e. The Labute approximate surface area is 186 Å². The highest BCUT2D eigenvalue weighted by atomic mass is 79.9. The van der Waals surface area contributed by atoms with Gasteiger partial charge in [-0.05, 0) is 30.3 Å². The fourth-order valence-electron chi connectivity index (χ4n) is 3.36. The van der Waals surface area contributed by atoms with E-state index in [1.807, 2.05) is 54.6 Å². The molecule has 0 fully saturated rings. The summed E-state index contributed by atoms with van der Waals surface area (Å²) in [5, 5.41) is 14.8. The summed E-state index contributed by atoms with van der Waals surface area (Å²) in [6, 6.07) is 23.3.